The van der Waals surface area contributed by atoms with Gasteiger partial charge in [0.1, 0.15) is 11.5 Å². The van der Waals surface area contributed by atoms with E-state index >= 15 is 0 Å². The van der Waals surface area contributed by atoms with Crippen LogP contribution >= 0.6 is 11.8 Å². The number of halogens is 3. The number of methoxy groups -OCH3 is 1. The molecule has 0 aliphatic rings. The summed E-state index contributed by atoms with van der Waals surface area (Å²) >= 11 is 1.21. The number of carbonyl (C=O) groups excluding carboxylic acids is 1. The second-order valence-corrected chi connectivity index (χ2v) is 8.68. The zero-order valence-electron chi connectivity index (χ0n) is 19.4. The molecule has 1 heterocycles. The lowest BCUT2D eigenvalue weighted by Crippen LogP contribution is -2.17. The fourth-order valence-electron chi connectivity index (χ4n) is 3.41. The van der Waals surface area contributed by atoms with E-state index in [2.05, 4.69) is 15.0 Å². The summed E-state index contributed by atoms with van der Waals surface area (Å²) in [5.41, 5.74) is 3.85. The molecule has 0 spiro atoms. The molecule has 0 radical (unpaired) electrons. The number of hydrogen-bond donors (Lipinski definition) is 1. The Labute approximate surface area is 210 Å². The van der Waals surface area contributed by atoms with Gasteiger partial charge in [-0.1, -0.05) is 29.5 Å². The Morgan fingerprint density at radius 2 is 1.61 bits per heavy atom. The predicted molar refractivity (Wildman–Crippen MR) is 133 cm³/mol. The molecule has 0 saturated carbocycles. The molecule has 0 atom stereocenters. The Hall–Kier alpha value is -3.92. The van der Waals surface area contributed by atoms with Gasteiger partial charge in [-0.2, -0.15) is 0 Å². The number of aryl methyl sites for hydroxylation is 1. The maximum atomic E-state index is 12.6. The van der Waals surface area contributed by atoms with Gasteiger partial charge in [0.25, 0.3) is 0 Å². The van der Waals surface area contributed by atoms with Crippen LogP contribution in [0.4, 0.5) is 18.9 Å². The van der Waals surface area contributed by atoms with Crippen LogP contribution < -0.4 is 14.8 Å². The van der Waals surface area contributed by atoms with Crippen molar-refractivity contribution in [2.75, 3.05) is 18.2 Å². The van der Waals surface area contributed by atoms with Crippen LogP contribution in [0, 0.1) is 6.92 Å². The number of anilines is 1. The van der Waals surface area contributed by atoms with Crippen LogP contribution in [0.3, 0.4) is 0 Å². The lowest BCUT2D eigenvalue weighted by atomic mass is 10.1. The number of benzene rings is 3. The predicted octanol–water partition coefficient (Wildman–Crippen LogP) is 6.49. The summed E-state index contributed by atoms with van der Waals surface area (Å²) in [4.78, 5) is 17.0. The second-order valence-electron chi connectivity index (χ2n) is 7.73. The van der Waals surface area contributed by atoms with Crippen molar-refractivity contribution in [2.45, 2.75) is 18.4 Å². The van der Waals surface area contributed by atoms with Crippen molar-refractivity contribution in [3.8, 4) is 28.4 Å². The molecule has 4 rings (SSSR count). The minimum Gasteiger partial charge on any atom is -0.497 e. The van der Waals surface area contributed by atoms with E-state index < -0.39 is 6.36 Å². The normalized spacial score (nSPS) is 11.2. The van der Waals surface area contributed by atoms with Crippen LogP contribution in [0.2, 0.25) is 0 Å². The molecule has 0 fully saturated rings. The lowest BCUT2D eigenvalue weighted by molar-refractivity contribution is -0.274. The first-order chi connectivity index (χ1) is 17.2. The van der Waals surface area contributed by atoms with Gasteiger partial charge in [-0.3, -0.25) is 9.36 Å². The van der Waals surface area contributed by atoms with Crippen LogP contribution in [-0.2, 0) is 4.79 Å². The Bertz CT molecular complexity index is 1320. The molecule has 4 aromatic rings. The highest BCUT2D eigenvalue weighted by atomic mass is 32.2. The molecule has 0 aliphatic heterocycles. The first-order valence-electron chi connectivity index (χ1n) is 10.8. The van der Waals surface area contributed by atoms with Crippen molar-refractivity contribution in [3.63, 3.8) is 0 Å². The Morgan fingerprint density at radius 1 is 0.972 bits per heavy atom. The zero-order chi connectivity index (χ0) is 25.7. The van der Waals surface area contributed by atoms with Gasteiger partial charge in [0.15, 0.2) is 5.16 Å². The van der Waals surface area contributed by atoms with Gasteiger partial charge >= 0.3 is 6.36 Å². The van der Waals surface area contributed by atoms with E-state index in [4.69, 9.17) is 4.74 Å². The first kappa shape index (κ1) is 25.2. The van der Waals surface area contributed by atoms with E-state index in [0.29, 0.717) is 28.0 Å². The van der Waals surface area contributed by atoms with Gasteiger partial charge in [-0.15, -0.1) is 13.2 Å². The number of amides is 1. The molecule has 186 valence electrons. The molecule has 10 heteroatoms. The highest BCUT2D eigenvalue weighted by Crippen LogP contribution is 2.32. The monoisotopic (exact) mass is 513 g/mol. The van der Waals surface area contributed by atoms with E-state index in [1.165, 1.54) is 36.0 Å². The molecular weight excluding hydrogens is 491 g/mol. The number of thioether (sulfide) groups is 1. The van der Waals surface area contributed by atoms with Crippen molar-refractivity contribution >= 4 is 23.4 Å². The summed E-state index contributed by atoms with van der Waals surface area (Å²) in [6, 6.07) is 20.3. The summed E-state index contributed by atoms with van der Waals surface area (Å²) in [6.45, 7) is 1.96. The highest BCUT2D eigenvalue weighted by molar-refractivity contribution is 7.99. The van der Waals surface area contributed by atoms with Crippen molar-refractivity contribution in [1.82, 2.24) is 9.55 Å². The van der Waals surface area contributed by atoms with E-state index in [9.17, 15) is 18.0 Å². The lowest BCUT2D eigenvalue weighted by Gasteiger charge is -2.14. The molecule has 0 bridgehead atoms. The average Bonchev–Trinajstić information content (AvgIpc) is 3.28. The van der Waals surface area contributed by atoms with E-state index in [0.717, 1.165) is 11.1 Å². The molecule has 0 saturated heterocycles. The van der Waals surface area contributed by atoms with Crippen LogP contribution in [-0.4, -0.2) is 34.7 Å². The number of hydrogen-bond acceptors (Lipinski definition) is 5. The molecule has 36 heavy (non-hydrogen) atoms. The van der Waals surface area contributed by atoms with E-state index in [-0.39, 0.29) is 17.4 Å². The van der Waals surface area contributed by atoms with Gasteiger partial charge in [0.2, 0.25) is 5.91 Å². The summed E-state index contributed by atoms with van der Waals surface area (Å²) in [6.07, 6.45) is -3.13. The maximum Gasteiger partial charge on any atom is 0.573 e. The minimum absolute atomic E-state index is 0.0855. The minimum atomic E-state index is -4.78. The SMILES string of the molecule is COc1ccc(-c2cnc(SCC(=O)Nc3ccc(C)cc3)n2-c2ccc(OC(F)(F)F)cc2)cc1. The molecule has 1 N–H and O–H groups in total. The van der Waals surface area contributed by atoms with Crippen molar-refractivity contribution in [2.24, 2.45) is 0 Å². The fourth-order valence-corrected chi connectivity index (χ4v) is 4.21. The topological polar surface area (TPSA) is 65.4 Å². The highest BCUT2D eigenvalue weighted by Gasteiger charge is 2.31. The number of imidazole rings is 1. The van der Waals surface area contributed by atoms with E-state index in [1.807, 2.05) is 43.3 Å². The van der Waals surface area contributed by atoms with Crippen LogP contribution in [0.5, 0.6) is 11.5 Å². The van der Waals surface area contributed by atoms with Gasteiger partial charge in [-0.05, 0) is 67.6 Å². The van der Waals surface area contributed by atoms with Gasteiger partial charge in [0, 0.05) is 16.9 Å². The zero-order valence-corrected chi connectivity index (χ0v) is 20.2. The van der Waals surface area contributed by atoms with Gasteiger partial charge in [0.05, 0.1) is 24.8 Å². The Kier molecular flexibility index (Phi) is 7.54. The summed E-state index contributed by atoms with van der Waals surface area (Å²) < 4.78 is 48.8. The van der Waals surface area contributed by atoms with Gasteiger partial charge < -0.3 is 14.8 Å². The van der Waals surface area contributed by atoms with E-state index in [1.54, 1.807) is 30.0 Å². The van der Waals surface area contributed by atoms with Crippen LogP contribution in [0.1, 0.15) is 5.56 Å². The third-order valence-electron chi connectivity index (χ3n) is 5.11. The average molecular weight is 514 g/mol. The number of carbonyl (C=O) groups is 1. The first-order valence-corrected chi connectivity index (χ1v) is 11.8. The molecule has 0 unspecified atom stereocenters. The molecular formula is C26H22F3N3O3S. The summed E-state index contributed by atoms with van der Waals surface area (Å²) in [5, 5.41) is 3.35. The largest absolute Gasteiger partial charge is 0.573 e. The number of ether oxygens (including phenoxy) is 2. The van der Waals surface area contributed by atoms with Crippen molar-refractivity contribution < 1.29 is 27.4 Å². The van der Waals surface area contributed by atoms with Crippen molar-refractivity contribution in [1.29, 1.82) is 0 Å². The standard InChI is InChI=1S/C26H22F3N3O3S/c1-17-3-7-19(8-4-17)31-24(33)16-36-25-30-15-23(18-5-11-21(34-2)12-6-18)32(25)20-9-13-22(14-10-20)35-26(27,28)29/h3-15H,16H2,1-2H3,(H,31,33). The number of nitrogens with one attached hydrogen (secondary N) is 1. The molecule has 0 aliphatic carbocycles. The Morgan fingerprint density at radius 3 is 2.22 bits per heavy atom. The number of nitrogens with zero attached hydrogens (tertiary/aromatic N) is 2. The van der Waals surface area contributed by atoms with Gasteiger partial charge in [-0.25, -0.2) is 4.98 Å². The Balaban J connectivity index is 1.60. The second kappa shape index (κ2) is 10.8. The molecule has 3 aromatic carbocycles. The number of alkyl halides is 3. The molecule has 6 nitrogen and oxygen atoms in total. The smallest absolute Gasteiger partial charge is 0.497 e. The van der Waals surface area contributed by atoms with Crippen molar-refractivity contribution in [3.05, 3.63) is 84.6 Å². The molecule has 1 amide bonds. The summed E-state index contributed by atoms with van der Waals surface area (Å²) in [7, 11) is 1.57. The number of aromatic nitrogens is 2. The quantitative estimate of drug-likeness (QED) is 0.273. The third kappa shape index (κ3) is 6.39. The fraction of sp³-hybridized carbons (Fsp3) is 0.154. The third-order valence-corrected chi connectivity index (χ3v) is 6.06. The number of rotatable bonds is 8. The maximum absolute atomic E-state index is 12.6. The summed E-state index contributed by atoms with van der Waals surface area (Å²) in [5.74, 6) is 0.227. The van der Waals surface area contributed by atoms with Crippen LogP contribution in [0.15, 0.2) is 84.1 Å². The molecule has 1 aromatic heterocycles. The van der Waals surface area contributed by atoms with Crippen LogP contribution in [0.25, 0.3) is 16.9 Å².